The third kappa shape index (κ3) is 5.00. The number of benzene rings is 1. The van der Waals surface area contributed by atoms with Crippen LogP contribution in [0.3, 0.4) is 0 Å². The van der Waals surface area contributed by atoms with Crippen molar-refractivity contribution in [1.29, 1.82) is 0 Å². The molecule has 110 valence electrons. The highest BCUT2D eigenvalue weighted by Crippen LogP contribution is 2.14. The van der Waals surface area contributed by atoms with Gasteiger partial charge in [0.1, 0.15) is 5.69 Å². The van der Waals surface area contributed by atoms with Gasteiger partial charge in [0, 0.05) is 24.9 Å². The standard InChI is InChI=1S/C15H17N3O2S/c19-11-16-7-4-8-17-15(20)13-10-21-14(18-13)9-12-5-2-1-3-6-12/h1-3,5-6,10-11H,4,7-9H2,(H,16,19)(H,17,20). The van der Waals surface area contributed by atoms with E-state index in [1.807, 2.05) is 30.3 Å². The predicted molar refractivity (Wildman–Crippen MR) is 82.4 cm³/mol. The van der Waals surface area contributed by atoms with Crippen molar-refractivity contribution < 1.29 is 9.59 Å². The number of carbonyl (C=O) groups is 2. The zero-order chi connectivity index (χ0) is 14.9. The second kappa shape index (κ2) is 8.16. The molecule has 0 aliphatic carbocycles. The summed E-state index contributed by atoms with van der Waals surface area (Å²) in [7, 11) is 0. The molecule has 5 nitrogen and oxygen atoms in total. The van der Waals surface area contributed by atoms with E-state index < -0.39 is 0 Å². The van der Waals surface area contributed by atoms with E-state index in [-0.39, 0.29) is 5.91 Å². The number of aromatic nitrogens is 1. The molecular formula is C15H17N3O2S. The summed E-state index contributed by atoms with van der Waals surface area (Å²) < 4.78 is 0. The Balaban J connectivity index is 1.82. The molecule has 0 saturated heterocycles. The van der Waals surface area contributed by atoms with Crippen LogP contribution in [0.1, 0.15) is 27.5 Å². The molecule has 21 heavy (non-hydrogen) atoms. The second-order valence-corrected chi connectivity index (χ2v) is 5.41. The van der Waals surface area contributed by atoms with Gasteiger partial charge in [-0.25, -0.2) is 4.98 Å². The van der Waals surface area contributed by atoms with Gasteiger partial charge in [0.15, 0.2) is 0 Å². The fourth-order valence-corrected chi connectivity index (χ4v) is 2.62. The van der Waals surface area contributed by atoms with Gasteiger partial charge in [-0.1, -0.05) is 30.3 Å². The number of hydrogen-bond donors (Lipinski definition) is 2. The molecule has 0 atom stereocenters. The topological polar surface area (TPSA) is 71.1 Å². The zero-order valence-corrected chi connectivity index (χ0v) is 12.4. The molecule has 1 aromatic heterocycles. The highest BCUT2D eigenvalue weighted by Gasteiger charge is 2.10. The molecule has 0 bridgehead atoms. The van der Waals surface area contributed by atoms with Crippen LogP contribution < -0.4 is 10.6 Å². The Hall–Kier alpha value is -2.21. The number of nitrogens with zero attached hydrogens (tertiary/aromatic N) is 1. The van der Waals surface area contributed by atoms with Gasteiger partial charge in [0.2, 0.25) is 6.41 Å². The van der Waals surface area contributed by atoms with Gasteiger partial charge in [0.05, 0.1) is 5.01 Å². The first-order chi connectivity index (χ1) is 10.3. The third-order valence-electron chi connectivity index (χ3n) is 2.85. The Morgan fingerprint density at radius 3 is 2.81 bits per heavy atom. The normalized spacial score (nSPS) is 10.1. The van der Waals surface area contributed by atoms with Gasteiger partial charge in [-0.15, -0.1) is 11.3 Å². The van der Waals surface area contributed by atoms with Crippen LogP contribution in [0.5, 0.6) is 0 Å². The molecule has 0 fully saturated rings. The molecule has 6 heteroatoms. The van der Waals surface area contributed by atoms with E-state index in [4.69, 9.17) is 0 Å². The Labute approximate surface area is 127 Å². The smallest absolute Gasteiger partial charge is 0.270 e. The Kier molecular flexibility index (Phi) is 5.90. The number of carbonyl (C=O) groups excluding carboxylic acids is 2. The van der Waals surface area contributed by atoms with Crippen LogP contribution in [-0.4, -0.2) is 30.4 Å². The molecular weight excluding hydrogens is 286 g/mol. The van der Waals surface area contributed by atoms with Crippen LogP contribution in [0.2, 0.25) is 0 Å². The average molecular weight is 303 g/mol. The minimum atomic E-state index is -0.170. The molecule has 0 aliphatic heterocycles. The predicted octanol–water partition coefficient (Wildman–Crippen LogP) is 1.60. The highest BCUT2D eigenvalue weighted by atomic mass is 32.1. The highest BCUT2D eigenvalue weighted by molar-refractivity contribution is 7.09. The summed E-state index contributed by atoms with van der Waals surface area (Å²) in [5.74, 6) is -0.170. The monoisotopic (exact) mass is 303 g/mol. The maximum atomic E-state index is 11.9. The van der Waals surface area contributed by atoms with Gasteiger partial charge in [0.25, 0.3) is 5.91 Å². The molecule has 0 unspecified atom stereocenters. The van der Waals surface area contributed by atoms with Gasteiger partial charge >= 0.3 is 0 Å². The summed E-state index contributed by atoms with van der Waals surface area (Å²) in [5.41, 5.74) is 1.63. The van der Waals surface area contributed by atoms with Gasteiger partial charge in [-0.05, 0) is 12.0 Å². The fourth-order valence-electron chi connectivity index (χ4n) is 1.81. The quantitative estimate of drug-likeness (QED) is 0.575. The van der Waals surface area contributed by atoms with Crippen LogP contribution in [0, 0.1) is 0 Å². The Morgan fingerprint density at radius 1 is 1.24 bits per heavy atom. The van der Waals surface area contributed by atoms with Crippen LogP contribution in [0.4, 0.5) is 0 Å². The SMILES string of the molecule is O=CNCCCNC(=O)c1csc(Cc2ccccc2)n1. The minimum absolute atomic E-state index is 0.170. The summed E-state index contributed by atoms with van der Waals surface area (Å²) >= 11 is 1.49. The number of hydrogen-bond acceptors (Lipinski definition) is 4. The maximum absolute atomic E-state index is 11.9. The van der Waals surface area contributed by atoms with Crippen LogP contribution in [0.15, 0.2) is 35.7 Å². The molecule has 0 radical (unpaired) electrons. The molecule has 1 heterocycles. The number of thiazole rings is 1. The minimum Gasteiger partial charge on any atom is -0.359 e. The molecule has 2 rings (SSSR count). The number of amides is 2. The van der Waals surface area contributed by atoms with Crippen molar-refractivity contribution in [2.24, 2.45) is 0 Å². The van der Waals surface area contributed by atoms with Crippen LogP contribution in [0.25, 0.3) is 0 Å². The lowest BCUT2D eigenvalue weighted by Gasteiger charge is -2.02. The largest absolute Gasteiger partial charge is 0.359 e. The summed E-state index contributed by atoms with van der Waals surface area (Å²) in [6.45, 7) is 1.07. The van der Waals surface area contributed by atoms with E-state index in [2.05, 4.69) is 15.6 Å². The van der Waals surface area contributed by atoms with Crippen molar-refractivity contribution in [2.75, 3.05) is 13.1 Å². The van der Waals surface area contributed by atoms with E-state index in [1.54, 1.807) is 5.38 Å². The van der Waals surface area contributed by atoms with Crippen molar-refractivity contribution in [1.82, 2.24) is 15.6 Å². The van der Waals surface area contributed by atoms with E-state index in [0.717, 1.165) is 11.4 Å². The molecule has 0 spiro atoms. The number of rotatable bonds is 8. The van der Waals surface area contributed by atoms with Crippen LogP contribution >= 0.6 is 11.3 Å². The number of nitrogens with one attached hydrogen (secondary N) is 2. The van der Waals surface area contributed by atoms with Crippen molar-refractivity contribution in [3.05, 3.63) is 52.0 Å². The van der Waals surface area contributed by atoms with Crippen LogP contribution in [-0.2, 0) is 11.2 Å². The van der Waals surface area contributed by atoms with Gasteiger partial charge in [-0.3, -0.25) is 9.59 Å². The Morgan fingerprint density at radius 2 is 2.05 bits per heavy atom. The van der Waals surface area contributed by atoms with E-state index in [0.29, 0.717) is 31.6 Å². The van der Waals surface area contributed by atoms with E-state index >= 15 is 0 Å². The lowest BCUT2D eigenvalue weighted by atomic mass is 10.2. The van der Waals surface area contributed by atoms with Gasteiger partial charge < -0.3 is 10.6 Å². The first-order valence-electron chi connectivity index (χ1n) is 6.73. The summed E-state index contributed by atoms with van der Waals surface area (Å²) in [6.07, 6.45) is 2.09. The van der Waals surface area contributed by atoms with E-state index in [9.17, 15) is 9.59 Å². The maximum Gasteiger partial charge on any atom is 0.270 e. The molecule has 2 aromatic rings. The van der Waals surface area contributed by atoms with Gasteiger partial charge in [-0.2, -0.15) is 0 Å². The zero-order valence-electron chi connectivity index (χ0n) is 11.5. The van der Waals surface area contributed by atoms with Crippen molar-refractivity contribution >= 4 is 23.7 Å². The van der Waals surface area contributed by atoms with E-state index in [1.165, 1.54) is 16.9 Å². The first kappa shape index (κ1) is 15.2. The first-order valence-corrected chi connectivity index (χ1v) is 7.61. The molecule has 2 N–H and O–H groups in total. The second-order valence-electron chi connectivity index (χ2n) is 4.47. The average Bonchev–Trinajstić information content (AvgIpc) is 2.96. The molecule has 1 aromatic carbocycles. The van der Waals surface area contributed by atoms with Crippen molar-refractivity contribution in [3.63, 3.8) is 0 Å². The summed E-state index contributed by atoms with van der Waals surface area (Å²) in [4.78, 5) is 26.3. The molecule has 2 amide bonds. The lowest BCUT2D eigenvalue weighted by molar-refractivity contribution is -0.109. The summed E-state index contributed by atoms with van der Waals surface area (Å²) in [6, 6.07) is 10.0. The molecule has 0 aliphatic rings. The third-order valence-corrected chi connectivity index (χ3v) is 3.70. The fraction of sp³-hybridized carbons (Fsp3) is 0.267. The van der Waals surface area contributed by atoms with Crippen molar-refractivity contribution in [3.8, 4) is 0 Å². The Bertz CT molecular complexity index is 584. The summed E-state index contributed by atoms with van der Waals surface area (Å²) in [5, 5.41) is 8.03. The lowest BCUT2D eigenvalue weighted by Crippen LogP contribution is -2.27. The molecule has 0 saturated carbocycles. The van der Waals surface area contributed by atoms with Crippen molar-refractivity contribution in [2.45, 2.75) is 12.8 Å².